The van der Waals surface area contributed by atoms with Crippen LogP contribution in [0.1, 0.15) is 19.4 Å². The summed E-state index contributed by atoms with van der Waals surface area (Å²) in [5, 5.41) is 0. The molecule has 0 saturated heterocycles. The molecule has 0 atom stereocenters. The number of sulfonamides is 1. The number of rotatable bonds is 6. The molecule has 0 saturated carbocycles. The highest BCUT2D eigenvalue weighted by molar-refractivity contribution is 7.92. The number of hydrogen-bond acceptors (Lipinski definition) is 4. The maximum Gasteiger partial charge on any atom is 0.418 e. The number of nitrogen functional groups attached to an aromatic ring is 1. The minimum absolute atomic E-state index is 0.0475. The van der Waals surface area contributed by atoms with Crippen LogP contribution in [0.2, 0.25) is 0 Å². The summed E-state index contributed by atoms with van der Waals surface area (Å²) in [6, 6.07) is 2.84. The molecule has 0 radical (unpaired) electrons. The third-order valence-electron chi connectivity index (χ3n) is 2.44. The number of ether oxygens (including phenoxy) is 1. The molecule has 0 aliphatic heterocycles. The molecule has 0 aromatic heterocycles. The number of halogens is 3. The molecular weight excluding hydrogens is 309 g/mol. The van der Waals surface area contributed by atoms with Crippen molar-refractivity contribution in [3.63, 3.8) is 0 Å². The molecule has 21 heavy (non-hydrogen) atoms. The Hall–Kier alpha value is -1.48. The van der Waals surface area contributed by atoms with Crippen molar-refractivity contribution in [3.8, 4) is 0 Å². The van der Waals surface area contributed by atoms with Gasteiger partial charge in [-0.3, -0.25) is 4.72 Å². The Morgan fingerprint density at radius 2 is 1.95 bits per heavy atom. The Morgan fingerprint density at radius 3 is 2.48 bits per heavy atom. The Balaban J connectivity index is 2.83. The molecule has 5 nitrogen and oxygen atoms in total. The van der Waals surface area contributed by atoms with E-state index in [9.17, 15) is 21.6 Å². The average molecular weight is 326 g/mol. The van der Waals surface area contributed by atoms with Crippen LogP contribution >= 0.6 is 0 Å². The van der Waals surface area contributed by atoms with Crippen molar-refractivity contribution in [2.75, 3.05) is 22.8 Å². The van der Waals surface area contributed by atoms with E-state index in [-0.39, 0.29) is 24.2 Å². The van der Waals surface area contributed by atoms with Gasteiger partial charge in [-0.15, -0.1) is 0 Å². The Labute approximate surface area is 121 Å². The first-order chi connectivity index (χ1) is 9.51. The molecule has 1 aromatic rings. The zero-order chi connectivity index (χ0) is 16.3. The SMILES string of the molecule is CC(C)OCCS(=O)(=O)Nc1ccc(N)c(C(F)(F)F)c1. The molecule has 9 heteroatoms. The van der Waals surface area contributed by atoms with E-state index in [4.69, 9.17) is 10.5 Å². The van der Waals surface area contributed by atoms with Gasteiger partial charge in [-0.2, -0.15) is 13.2 Å². The van der Waals surface area contributed by atoms with Crippen molar-refractivity contribution in [2.24, 2.45) is 0 Å². The zero-order valence-electron chi connectivity index (χ0n) is 11.6. The van der Waals surface area contributed by atoms with E-state index in [0.29, 0.717) is 6.07 Å². The summed E-state index contributed by atoms with van der Waals surface area (Å²) in [5.74, 6) is -0.350. The molecule has 0 aliphatic carbocycles. The van der Waals surface area contributed by atoms with Crippen molar-refractivity contribution in [2.45, 2.75) is 26.1 Å². The van der Waals surface area contributed by atoms with Gasteiger partial charge in [0, 0.05) is 11.4 Å². The lowest BCUT2D eigenvalue weighted by Gasteiger charge is -2.14. The molecule has 0 bridgehead atoms. The average Bonchev–Trinajstić information content (AvgIpc) is 2.29. The standard InChI is InChI=1S/C12H17F3N2O3S/c1-8(2)20-5-6-21(18,19)17-9-3-4-11(16)10(7-9)12(13,14)15/h3-4,7-8,17H,5-6,16H2,1-2H3. The van der Waals surface area contributed by atoms with Crippen molar-refractivity contribution < 1.29 is 26.3 Å². The number of anilines is 2. The van der Waals surface area contributed by atoms with Crippen molar-refractivity contribution >= 4 is 21.4 Å². The summed E-state index contributed by atoms with van der Waals surface area (Å²) in [5.41, 5.74) is 3.50. The maximum absolute atomic E-state index is 12.7. The van der Waals surface area contributed by atoms with Crippen LogP contribution in [-0.4, -0.2) is 26.9 Å². The van der Waals surface area contributed by atoms with Crippen LogP contribution < -0.4 is 10.5 Å². The Morgan fingerprint density at radius 1 is 1.33 bits per heavy atom. The van der Waals surface area contributed by atoms with E-state index in [0.717, 1.165) is 6.07 Å². The number of alkyl halides is 3. The first-order valence-corrected chi connectivity index (χ1v) is 7.75. The van der Waals surface area contributed by atoms with Gasteiger partial charge in [-0.1, -0.05) is 0 Å². The van der Waals surface area contributed by atoms with Crippen molar-refractivity contribution in [1.82, 2.24) is 0 Å². The molecule has 1 aromatic carbocycles. The molecule has 0 heterocycles. The lowest BCUT2D eigenvalue weighted by Crippen LogP contribution is -2.22. The monoisotopic (exact) mass is 326 g/mol. The first-order valence-electron chi connectivity index (χ1n) is 6.10. The summed E-state index contributed by atoms with van der Waals surface area (Å²) < 4.78 is 68.6. The normalized spacial score (nSPS) is 12.7. The van der Waals surface area contributed by atoms with Crippen molar-refractivity contribution in [1.29, 1.82) is 0 Å². The van der Waals surface area contributed by atoms with Gasteiger partial charge in [-0.25, -0.2) is 8.42 Å². The molecule has 0 fully saturated rings. The van der Waals surface area contributed by atoms with Gasteiger partial charge < -0.3 is 10.5 Å². The van der Waals surface area contributed by atoms with Gasteiger partial charge in [0.05, 0.1) is 24.0 Å². The second kappa shape index (κ2) is 6.52. The summed E-state index contributed by atoms with van der Waals surface area (Å²) in [6.45, 7) is 3.44. The smallest absolute Gasteiger partial charge is 0.398 e. The number of nitrogens with two attached hydrogens (primary N) is 1. The van der Waals surface area contributed by atoms with Gasteiger partial charge in [0.25, 0.3) is 0 Å². The van der Waals surface area contributed by atoms with Gasteiger partial charge in [-0.05, 0) is 32.0 Å². The molecule has 120 valence electrons. The molecule has 0 amide bonds. The van der Waals surface area contributed by atoms with Crippen LogP contribution in [0.4, 0.5) is 24.5 Å². The van der Waals surface area contributed by atoms with Gasteiger partial charge in [0.1, 0.15) is 0 Å². The van der Waals surface area contributed by atoms with E-state index in [1.54, 1.807) is 13.8 Å². The van der Waals surface area contributed by atoms with E-state index in [1.165, 1.54) is 6.07 Å². The van der Waals surface area contributed by atoms with E-state index < -0.39 is 27.5 Å². The first kappa shape index (κ1) is 17.6. The fraction of sp³-hybridized carbons (Fsp3) is 0.500. The summed E-state index contributed by atoms with van der Waals surface area (Å²) in [4.78, 5) is 0. The van der Waals surface area contributed by atoms with E-state index >= 15 is 0 Å². The van der Waals surface area contributed by atoms with Crippen molar-refractivity contribution in [3.05, 3.63) is 23.8 Å². The van der Waals surface area contributed by atoms with Crippen LogP contribution in [0.5, 0.6) is 0 Å². The summed E-state index contributed by atoms with van der Waals surface area (Å²) >= 11 is 0. The molecule has 1 rings (SSSR count). The molecule has 0 aliphatic rings. The fourth-order valence-electron chi connectivity index (χ4n) is 1.49. The lowest BCUT2D eigenvalue weighted by molar-refractivity contribution is -0.136. The maximum atomic E-state index is 12.7. The lowest BCUT2D eigenvalue weighted by atomic mass is 10.1. The van der Waals surface area contributed by atoms with E-state index in [2.05, 4.69) is 4.72 Å². The molecule has 3 N–H and O–H groups in total. The second-order valence-corrected chi connectivity index (χ2v) is 6.48. The zero-order valence-corrected chi connectivity index (χ0v) is 12.4. The highest BCUT2D eigenvalue weighted by Gasteiger charge is 2.33. The second-order valence-electron chi connectivity index (χ2n) is 4.64. The van der Waals surface area contributed by atoms with Crippen LogP contribution in [0.25, 0.3) is 0 Å². The van der Waals surface area contributed by atoms with Gasteiger partial charge in [0.2, 0.25) is 10.0 Å². The third-order valence-corrected chi connectivity index (χ3v) is 3.69. The predicted octanol–water partition coefficient (Wildman–Crippen LogP) is 2.45. The number of benzene rings is 1. The highest BCUT2D eigenvalue weighted by Crippen LogP contribution is 2.35. The van der Waals surface area contributed by atoms with Gasteiger partial charge in [0.15, 0.2) is 0 Å². The van der Waals surface area contributed by atoms with Crippen LogP contribution in [-0.2, 0) is 20.9 Å². The quantitative estimate of drug-likeness (QED) is 0.787. The van der Waals surface area contributed by atoms with E-state index in [1.807, 2.05) is 0 Å². The number of hydrogen-bond donors (Lipinski definition) is 2. The van der Waals surface area contributed by atoms with Crippen LogP contribution in [0.3, 0.4) is 0 Å². The molecule has 0 spiro atoms. The predicted molar refractivity (Wildman–Crippen MR) is 74.4 cm³/mol. The largest absolute Gasteiger partial charge is 0.418 e. The topological polar surface area (TPSA) is 81.4 Å². The Bertz CT molecular complexity index is 586. The molecule has 0 unspecified atom stereocenters. The minimum atomic E-state index is -4.65. The summed E-state index contributed by atoms with van der Waals surface area (Å²) in [6.07, 6.45) is -4.78. The molecular formula is C12H17F3N2O3S. The van der Waals surface area contributed by atoms with Crippen LogP contribution in [0, 0.1) is 0 Å². The summed E-state index contributed by atoms with van der Waals surface area (Å²) in [7, 11) is -3.79. The Kier molecular flexibility index (Phi) is 5.46. The number of nitrogens with one attached hydrogen (secondary N) is 1. The fourth-order valence-corrected chi connectivity index (χ4v) is 2.39. The third kappa shape index (κ3) is 5.80. The van der Waals surface area contributed by atoms with Crippen LogP contribution in [0.15, 0.2) is 18.2 Å². The highest BCUT2D eigenvalue weighted by atomic mass is 32.2. The minimum Gasteiger partial charge on any atom is -0.398 e. The van der Waals surface area contributed by atoms with Gasteiger partial charge >= 0.3 is 6.18 Å².